The van der Waals surface area contributed by atoms with Crippen molar-refractivity contribution >= 4 is 17.2 Å². The lowest BCUT2D eigenvalue weighted by atomic mass is 9.99. The van der Waals surface area contributed by atoms with E-state index in [9.17, 15) is 4.79 Å². The fourth-order valence-electron chi connectivity index (χ4n) is 1.96. The number of amides is 1. The van der Waals surface area contributed by atoms with Gasteiger partial charge in [0.1, 0.15) is 10.8 Å². The third-order valence-electron chi connectivity index (χ3n) is 3.39. The first-order valence-corrected chi connectivity index (χ1v) is 7.67. The van der Waals surface area contributed by atoms with Crippen LogP contribution in [0.3, 0.4) is 0 Å². The van der Waals surface area contributed by atoms with E-state index in [1.807, 2.05) is 31.4 Å². The number of aromatic nitrogens is 1. The van der Waals surface area contributed by atoms with Crippen molar-refractivity contribution in [2.75, 3.05) is 0 Å². The normalized spacial score (nSPS) is 13.9. The summed E-state index contributed by atoms with van der Waals surface area (Å²) in [5.74, 6) is 0.863. The molecule has 0 aliphatic carbocycles. The van der Waals surface area contributed by atoms with Crippen LogP contribution < -0.4 is 5.32 Å². The average Bonchev–Trinajstić information content (AvgIpc) is 3.07. The summed E-state index contributed by atoms with van der Waals surface area (Å²) < 4.78 is 5.24. The fourth-order valence-corrected chi connectivity index (χ4v) is 2.95. The molecule has 0 aliphatic rings. The maximum atomic E-state index is 12.1. The van der Waals surface area contributed by atoms with Crippen LogP contribution >= 0.6 is 11.3 Å². The standard InChI is InChI=1S/C15H20N2O2S/c1-4-15(3,14-16-11(2)10-20-14)17-13(18)8-7-12-6-5-9-19-12/h5-6,9-10H,4,7-8H2,1-3H3,(H,17,18)/t15-/m0/s1. The van der Waals surface area contributed by atoms with E-state index in [0.717, 1.165) is 22.9 Å². The van der Waals surface area contributed by atoms with Gasteiger partial charge in [0.2, 0.25) is 5.91 Å². The van der Waals surface area contributed by atoms with Crippen molar-refractivity contribution in [3.63, 3.8) is 0 Å². The van der Waals surface area contributed by atoms with E-state index in [4.69, 9.17) is 4.42 Å². The molecule has 5 heteroatoms. The molecule has 1 atom stereocenters. The van der Waals surface area contributed by atoms with E-state index in [1.54, 1.807) is 17.6 Å². The lowest BCUT2D eigenvalue weighted by Gasteiger charge is -2.27. The number of carbonyl (C=O) groups excluding carboxylic acids is 1. The fraction of sp³-hybridized carbons (Fsp3) is 0.467. The second-order valence-corrected chi connectivity index (χ2v) is 5.97. The molecule has 2 aromatic rings. The van der Waals surface area contributed by atoms with Crippen molar-refractivity contribution in [3.8, 4) is 0 Å². The molecule has 0 bridgehead atoms. The molecule has 0 aromatic carbocycles. The maximum Gasteiger partial charge on any atom is 0.221 e. The first kappa shape index (κ1) is 14.8. The van der Waals surface area contributed by atoms with Gasteiger partial charge < -0.3 is 9.73 Å². The van der Waals surface area contributed by atoms with Crippen molar-refractivity contribution in [3.05, 3.63) is 40.2 Å². The summed E-state index contributed by atoms with van der Waals surface area (Å²) >= 11 is 1.59. The van der Waals surface area contributed by atoms with Gasteiger partial charge in [0.05, 0.1) is 11.8 Å². The number of aryl methyl sites for hydroxylation is 2. The van der Waals surface area contributed by atoms with Crippen molar-refractivity contribution in [2.45, 2.75) is 45.6 Å². The highest BCUT2D eigenvalue weighted by Gasteiger charge is 2.29. The third-order valence-corrected chi connectivity index (χ3v) is 4.62. The second kappa shape index (κ2) is 6.22. The zero-order chi connectivity index (χ0) is 14.6. The predicted molar refractivity (Wildman–Crippen MR) is 79.7 cm³/mol. The Balaban J connectivity index is 1.97. The first-order valence-electron chi connectivity index (χ1n) is 6.79. The zero-order valence-corrected chi connectivity index (χ0v) is 12.9. The minimum atomic E-state index is -0.390. The minimum Gasteiger partial charge on any atom is -0.469 e. The Labute approximate surface area is 123 Å². The van der Waals surface area contributed by atoms with Crippen LogP contribution in [0.25, 0.3) is 0 Å². The van der Waals surface area contributed by atoms with Crippen LogP contribution in [0, 0.1) is 6.92 Å². The van der Waals surface area contributed by atoms with Crippen molar-refractivity contribution in [1.29, 1.82) is 0 Å². The molecule has 20 heavy (non-hydrogen) atoms. The average molecular weight is 292 g/mol. The van der Waals surface area contributed by atoms with E-state index in [2.05, 4.69) is 17.2 Å². The molecule has 2 aromatic heterocycles. The summed E-state index contributed by atoms with van der Waals surface area (Å²) in [5, 5.41) is 6.08. The van der Waals surface area contributed by atoms with Gasteiger partial charge in [0.25, 0.3) is 0 Å². The molecule has 1 amide bonds. The molecular weight excluding hydrogens is 272 g/mol. The van der Waals surface area contributed by atoms with Gasteiger partial charge in [0.15, 0.2) is 0 Å². The van der Waals surface area contributed by atoms with Crippen molar-refractivity contribution < 1.29 is 9.21 Å². The number of hydrogen-bond acceptors (Lipinski definition) is 4. The van der Waals surface area contributed by atoms with Crippen LogP contribution in [0.15, 0.2) is 28.2 Å². The highest BCUT2D eigenvalue weighted by atomic mass is 32.1. The molecule has 0 saturated heterocycles. The Bertz CT molecular complexity index is 562. The Kier molecular flexibility index (Phi) is 4.60. The Morgan fingerprint density at radius 3 is 2.90 bits per heavy atom. The molecule has 0 unspecified atom stereocenters. The van der Waals surface area contributed by atoms with E-state index < -0.39 is 0 Å². The zero-order valence-electron chi connectivity index (χ0n) is 12.1. The number of thiazole rings is 1. The molecule has 0 aliphatic heterocycles. The first-order chi connectivity index (χ1) is 9.53. The van der Waals surface area contributed by atoms with Crippen molar-refractivity contribution in [1.82, 2.24) is 10.3 Å². The summed E-state index contributed by atoms with van der Waals surface area (Å²) in [6.45, 7) is 6.05. The number of rotatable bonds is 6. The van der Waals surface area contributed by atoms with Gasteiger partial charge >= 0.3 is 0 Å². The predicted octanol–water partition coefficient (Wildman–Crippen LogP) is 3.42. The summed E-state index contributed by atoms with van der Waals surface area (Å²) in [5.41, 5.74) is 0.605. The summed E-state index contributed by atoms with van der Waals surface area (Å²) in [4.78, 5) is 16.6. The molecule has 0 radical (unpaired) electrons. The van der Waals surface area contributed by atoms with Crippen LogP contribution in [0.2, 0.25) is 0 Å². The quantitative estimate of drug-likeness (QED) is 0.887. The topological polar surface area (TPSA) is 55.1 Å². The van der Waals surface area contributed by atoms with Gasteiger partial charge in [-0.05, 0) is 32.4 Å². The van der Waals surface area contributed by atoms with E-state index in [1.165, 1.54) is 0 Å². The van der Waals surface area contributed by atoms with E-state index in [-0.39, 0.29) is 11.4 Å². The Morgan fingerprint density at radius 1 is 1.55 bits per heavy atom. The van der Waals surface area contributed by atoms with Crippen LogP contribution in [0.1, 0.15) is 43.2 Å². The SMILES string of the molecule is CC[C@](C)(NC(=O)CCc1ccco1)c1nc(C)cs1. The second-order valence-electron chi connectivity index (χ2n) is 5.11. The van der Waals surface area contributed by atoms with Gasteiger partial charge in [-0.3, -0.25) is 4.79 Å². The van der Waals surface area contributed by atoms with Crippen molar-refractivity contribution in [2.24, 2.45) is 0 Å². The Morgan fingerprint density at radius 2 is 2.35 bits per heavy atom. The van der Waals surface area contributed by atoms with Crippen LogP contribution in [0.4, 0.5) is 0 Å². The lowest BCUT2D eigenvalue weighted by molar-refractivity contribution is -0.123. The number of hydrogen-bond donors (Lipinski definition) is 1. The Hall–Kier alpha value is -1.62. The van der Waals surface area contributed by atoms with Crippen LogP contribution in [-0.4, -0.2) is 10.9 Å². The molecule has 4 nitrogen and oxygen atoms in total. The van der Waals surface area contributed by atoms with E-state index in [0.29, 0.717) is 12.8 Å². The summed E-state index contributed by atoms with van der Waals surface area (Å²) in [7, 11) is 0. The number of furan rings is 1. The molecule has 0 spiro atoms. The minimum absolute atomic E-state index is 0.0265. The summed E-state index contributed by atoms with van der Waals surface area (Å²) in [6, 6.07) is 3.72. The summed E-state index contributed by atoms with van der Waals surface area (Å²) in [6.07, 6.45) is 3.48. The number of nitrogens with one attached hydrogen (secondary N) is 1. The molecule has 2 rings (SSSR count). The van der Waals surface area contributed by atoms with Crippen LogP contribution in [0.5, 0.6) is 0 Å². The van der Waals surface area contributed by atoms with Gasteiger partial charge in [-0.15, -0.1) is 11.3 Å². The number of carbonyl (C=O) groups is 1. The smallest absolute Gasteiger partial charge is 0.221 e. The highest BCUT2D eigenvalue weighted by Crippen LogP contribution is 2.27. The molecule has 108 valence electrons. The molecular formula is C15H20N2O2S. The lowest BCUT2D eigenvalue weighted by Crippen LogP contribution is -2.43. The van der Waals surface area contributed by atoms with Gasteiger partial charge in [-0.25, -0.2) is 4.98 Å². The third kappa shape index (κ3) is 3.48. The number of nitrogens with zero attached hydrogens (tertiary/aromatic N) is 1. The molecule has 0 saturated carbocycles. The molecule has 2 heterocycles. The monoisotopic (exact) mass is 292 g/mol. The molecule has 0 fully saturated rings. The molecule has 1 N–H and O–H groups in total. The van der Waals surface area contributed by atoms with Gasteiger partial charge in [-0.2, -0.15) is 0 Å². The van der Waals surface area contributed by atoms with E-state index >= 15 is 0 Å². The largest absolute Gasteiger partial charge is 0.469 e. The highest BCUT2D eigenvalue weighted by molar-refractivity contribution is 7.09. The maximum absolute atomic E-state index is 12.1. The van der Waals surface area contributed by atoms with Crippen LogP contribution in [-0.2, 0) is 16.8 Å². The van der Waals surface area contributed by atoms with Gasteiger partial charge in [0, 0.05) is 23.9 Å². The van der Waals surface area contributed by atoms with Gasteiger partial charge in [-0.1, -0.05) is 6.92 Å².